The third kappa shape index (κ3) is 2.57. The van der Waals surface area contributed by atoms with Crippen molar-refractivity contribution in [1.29, 1.82) is 0 Å². The summed E-state index contributed by atoms with van der Waals surface area (Å²) in [6.07, 6.45) is 1.24. The van der Waals surface area contributed by atoms with Crippen molar-refractivity contribution in [3.8, 4) is 22.6 Å². The SMILES string of the molecule is CC1(C)Oc2ccc(-c3coc4cc(O)ccc4c3=O)cc2CC1O. The molecule has 2 N–H and O–H groups in total. The number of fused-ring (bicyclic) bond motifs is 2. The number of aliphatic hydroxyl groups is 1. The van der Waals surface area contributed by atoms with E-state index in [9.17, 15) is 15.0 Å². The number of aliphatic hydroxyl groups excluding tert-OH is 1. The van der Waals surface area contributed by atoms with E-state index in [0.717, 1.165) is 5.56 Å². The number of rotatable bonds is 1. The maximum atomic E-state index is 12.8. The summed E-state index contributed by atoms with van der Waals surface area (Å²) in [7, 11) is 0. The molecule has 1 aliphatic rings. The summed E-state index contributed by atoms with van der Waals surface area (Å²) in [5.41, 5.74) is 1.53. The Morgan fingerprint density at radius 3 is 2.76 bits per heavy atom. The van der Waals surface area contributed by atoms with E-state index in [1.54, 1.807) is 6.07 Å². The Balaban J connectivity index is 1.83. The molecule has 0 amide bonds. The molecule has 0 saturated carbocycles. The molecule has 1 atom stereocenters. The number of aromatic hydroxyl groups is 1. The zero-order chi connectivity index (χ0) is 17.8. The zero-order valence-electron chi connectivity index (χ0n) is 13.9. The molecule has 5 nitrogen and oxygen atoms in total. The number of phenols is 1. The topological polar surface area (TPSA) is 79.9 Å². The lowest BCUT2D eigenvalue weighted by atomic mass is 9.89. The lowest BCUT2D eigenvalue weighted by Crippen LogP contribution is -2.46. The second kappa shape index (κ2) is 5.36. The van der Waals surface area contributed by atoms with Gasteiger partial charge in [0.25, 0.3) is 0 Å². The maximum Gasteiger partial charge on any atom is 0.200 e. The molecule has 128 valence electrons. The van der Waals surface area contributed by atoms with Gasteiger partial charge in [0.05, 0.1) is 17.1 Å². The Hall–Kier alpha value is -2.79. The second-order valence-electron chi connectivity index (χ2n) is 6.91. The van der Waals surface area contributed by atoms with Crippen LogP contribution >= 0.6 is 0 Å². The highest BCUT2D eigenvalue weighted by Crippen LogP contribution is 2.35. The molecule has 0 aliphatic carbocycles. The summed E-state index contributed by atoms with van der Waals surface area (Å²) in [4.78, 5) is 12.8. The first-order valence-corrected chi connectivity index (χ1v) is 8.10. The number of ether oxygens (including phenoxy) is 1. The fraction of sp³-hybridized carbons (Fsp3) is 0.250. The van der Waals surface area contributed by atoms with Gasteiger partial charge in [0, 0.05) is 12.5 Å². The molecule has 0 saturated heterocycles. The maximum absolute atomic E-state index is 12.8. The van der Waals surface area contributed by atoms with Crippen LogP contribution in [0.3, 0.4) is 0 Å². The van der Waals surface area contributed by atoms with Crippen molar-refractivity contribution < 1.29 is 19.4 Å². The minimum absolute atomic E-state index is 0.0472. The highest BCUT2D eigenvalue weighted by Gasteiger charge is 2.35. The smallest absolute Gasteiger partial charge is 0.200 e. The van der Waals surface area contributed by atoms with Crippen LogP contribution < -0.4 is 10.2 Å². The highest BCUT2D eigenvalue weighted by atomic mass is 16.5. The third-order valence-electron chi connectivity index (χ3n) is 4.72. The summed E-state index contributed by atoms with van der Waals surface area (Å²) < 4.78 is 11.4. The molecule has 0 fully saturated rings. The van der Waals surface area contributed by atoms with Crippen LogP contribution in [-0.4, -0.2) is 21.9 Å². The Morgan fingerprint density at radius 2 is 1.96 bits per heavy atom. The van der Waals surface area contributed by atoms with Crippen molar-refractivity contribution in [3.05, 3.63) is 58.4 Å². The summed E-state index contributed by atoms with van der Waals surface area (Å²) in [6.45, 7) is 3.70. The van der Waals surface area contributed by atoms with Gasteiger partial charge in [-0.1, -0.05) is 6.07 Å². The molecule has 0 spiro atoms. The Labute approximate surface area is 144 Å². The molecule has 0 radical (unpaired) electrons. The lowest BCUT2D eigenvalue weighted by Gasteiger charge is -2.37. The first kappa shape index (κ1) is 15.7. The van der Waals surface area contributed by atoms with Gasteiger partial charge in [-0.25, -0.2) is 0 Å². The molecule has 4 rings (SSSR count). The molecular formula is C20H18O5. The van der Waals surface area contributed by atoms with Crippen LogP contribution in [0.5, 0.6) is 11.5 Å². The van der Waals surface area contributed by atoms with Crippen LogP contribution in [0.25, 0.3) is 22.1 Å². The van der Waals surface area contributed by atoms with E-state index in [1.807, 2.05) is 32.0 Å². The standard InChI is InChI=1S/C20H18O5/c1-20(2)18(22)8-12-7-11(3-6-16(12)25-20)15-10-24-17-9-13(21)4-5-14(17)19(15)23/h3-7,9-10,18,21-22H,8H2,1-2H3. The average molecular weight is 338 g/mol. The van der Waals surface area contributed by atoms with Gasteiger partial charge in [-0.3, -0.25) is 4.79 Å². The first-order chi connectivity index (χ1) is 11.8. The van der Waals surface area contributed by atoms with Crippen LogP contribution in [-0.2, 0) is 6.42 Å². The van der Waals surface area contributed by atoms with Gasteiger partial charge in [0.15, 0.2) is 5.43 Å². The van der Waals surface area contributed by atoms with E-state index in [2.05, 4.69) is 0 Å². The first-order valence-electron chi connectivity index (χ1n) is 8.10. The van der Waals surface area contributed by atoms with Crippen molar-refractivity contribution in [2.75, 3.05) is 0 Å². The Bertz CT molecular complexity index is 1030. The zero-order valence-corrected chi connectivity index (χ0v) is 13.9. The van der Waals surface area contributed by atoms with Gasteiger partial charge in [-0.05, 0) is 49.2 Å². The van der Waals surface area contributed by atoms with E-state index in [0.29, 0.717) is 34.3 Å². The van der Waals surface area contributed by atoms with Crippen LogP contribution in [0.1, 0.15) is 19.4 Å². The minimum Gasteiger partial charge on any atom is -0.508 e. The third-order valence-corrected chi connectivity index (χ3v) is 4.72. The fourth-order valence-corrected chi connectivity index (χ4v) is 3.13. The van der Waals surface area contributed by atoms with Gasteiger partial charge < -0.3 is 19.4 Å². The number of hydrogen-bond acceptors (Lipinski definition) is 5. The fourth-order valence-electron chi connectivity index (χ4n) is 3.13. The lowest BCUT2D eigenvalue weighted by molar-refractivity contribution is -0.0411. The molecular weight excluding hydrogens is 320 g/mol. The van der Waals surface area contributed by atoms with E-state index in [4.69, 9.17) is 9.15 Å². The predicted octanol–water partition coefficient (Wildman–Crippen LogP) is 3.24. The molecule has 2 heterocycles. The molecule has 1 aromatic heterocycles. The Morgan fingerprint density at radius 1 is 1.16 bits per heavy atom. The van der Waals surface area contributed by atoms with Crippen molar-refractivity contribution in [3.63, 3.8) is 0 Å². The van der Waals surface area contributed by atoms with Crippen LogP contribution in [0.15, 0.2) is 51.9 Å². The average Bonchev–Trinajstić information content (AvgIpc) is 2.55. The van der Waals surface area contributed by atoms with Crippen molar-refractivity contribution in [1.82, 2.24) is 0 Å². The highest BCUT2D eigenvalue weighted by molar-refractivity contribution is 5.82. The number of phenolic OH excluding ortho intramolecular Hbond substituents is 1. The van der Waals surface area contributed by atoms with E-state index >= 15 is 0 Å². The second-order valence-corrected chi connectivity index (χ2v) is 6.91. The van der Waals surface area contributed by atoms with Crippen LogP contribution in [0.4, 0.5) is 0 Å². The molecule has 3 aromatic rings. The number of hydrogen-bond donors (Lipinski definition) is 2. The van der Waals surface area contributed by atoms with Gasteiger partial charge >= 0.3 is 0 Å². The normalized spacial score (nSPS) is 18.6. The molecule has 25 heavy (non-hydrogen) atoms. The van der Waals surface area contributed by atoms with Crippen molar-refractivity contribution in [2.24, 2.45) is 0 Å². The Kier molecular flexibility index (Phi) is 3.37. The largest absolute Gasteiger partial charge is 0.508 e. The summed E-state index contributed by atoms with van der Waals surface area (Å²) in [5, 5.41) is 20.2. The summed E-state index contributed by atoms with van der Waals surface area (Å²) >= 11 is 0. The van der Waals surface area contributed by atoms with Gasteiger partial charge in [0.1, 0.15) is 28.9 Å². The molecule has 1 aliphatic heterocycles. The van der Waals surface area contributed by atoms with E-state index in [-0.39, 0.29) is 11.2 Å². The van der Waals surface area contributed by atoms with Gasteiger partial charge in [0.2, 0.25) is 0 Å². The predicted molar refractivity (Wildman–Crippen MR) is 94.0 cm³/mol. The van der Waals surface area contributed by atoms with Crippen molar-refractivity contribution in [2.45, 2.75) is 32.0 Å². The molecule has 1 unspecified atom stereocenters. The van der Waals surface area contributed by atoms with Crippen molar-refractivity contribution >= 4 is 11.0 Å². The molecule has 0 bridgehead atoms. The number of benzene rings is 2. The van der Waals surface area contributed by atoms with Crippen LogP contribution in [0.2, 0.25) is 0 Å². The molecule has 2 aromatic carbocycles. The monoisotopic (exact) mass is 338 g/mol. The summed E-state index contributed by atoms with van der Waals surface area (Å²) in [5.74, 6) is 0.764. The van der Waals surface area contributed by atoms with Gasteiger partial charge in [-0.15, -0.1) is 0 Å². The van der Waals surface area contributed by atoms with Crippen LogP contribution in [0, 0.1) is 0 Å². The molecule has 5 heteroatoms. The van der Waals surface area contributed by atoms with E-state index in [1.165, 1.54) is 18.4 Å². The minimum atomic E-state index is -0.640. The summed E-state index contributed by atoms with van der Waals surface area (Å²) in [6, 6.07) is 9.91. The quantitative estimate of drug-likeness (QED) is 0.712. The van der Waals surface area contributed by atoms with Gasteiger partial charge in [-0.2, -0.15) is 0 Å². The van der Waals surface area contributed by atoms with E-state index < -0.39 is 11.7 Å².